The Balaban J connectivity index is 2.40. The number of hydrogen-bond acceptors (Lipinski definition) is 5. The van der Waals surface area contributed by atoms with Crippen molar-refractivity contribution in [2.24, 2.45) is 0 Å². The highest BCUT2D eigenvalue weighted by Crippen LogP contribution is 2.25. The largest absolute Gasteiger partial charge is 0.444 e. The molecule has 0 aliphatic carbocycles. The Labute approximate surface area is 233 Å². The van der Waals surface area contributed by atoms with Crippen LogP contribution >= 0.6 is 12.6 Å². The highest BCUT2D eigenvalue weighted by Gasteiger charge is 2.35. The fourth-order valence-electron chi connectivity index (χ4n) is 4.11. The molecular formula is C30H43N3O4S. The summed E-state index contributed by atoms with van der Waals surface area (Å²) >= 11 is 4.35. The van der Waals surface area contributed by atoms with E-state index in [-0.39, 0.29) is 17.6 Å². The van der Waals surface area contributed by atoms with Gasteiger partial charge in [0, 0.05) is 18.8 Å². The lowest BCUT2D eigenvalue weighted by molar-refractivity contribution is -0.142. The molecule has 0 heterocycles. The van der Waals surface area contributed by atoms with Gasteiger partial charge in [-0.15, -0.1) is 0 Å². The van der Waals surface area contributed by atoms with E-state index in [1.807, 2.05) is 61.5 Å². The fraction of sp³-hybridized carbons (Fsp3) is 0.500. The second-order valence-electron chi connectivity index (χ2n) is 10.5. The molecule has 0 spiro atoms. The number of ether oxygens (including phenoxy) is 1. The van der Waals surface area contributed by atoms with E-state index >= 15 is 0 Å². The lowest BCUT2D eigenvalue weighted by Crippen LogP contribution is -2.54. The molecule has 208 valence electrons. The molecule has 0 saturated heterocycles. The van der Waals surface area contributed by atoms with Crippen LogP contribution in [0.3, 0.4) is 0 Å². The Morgan fingerprint density at radius 3 is 2.32 bits per heavy atom. The van der Waals surface area contributed by atoms with Crippen molar-refractivity contribution in [1.82, 2.24) is 15.5 Å². The number of hydrogen-bond donors (Lipinski definition) is 3. The summed E-state index contributed by atoms with van der Waals surface area (Å²) in [6, 6.07) is 15.5. The molecule has 2 aromatic rings. The Morgan fingerprint density at radius 1 is 1.00 bits per heavy atom. The summed E-state index contributed by atoms with van der Waals surface area (Å²) in [5.41, 5.74) is 1.95. The number of carbonyl (C=O) groups excluding carboxylic acids is 3. The van der Waals surface area contributed by atoms with E-state index < -0.39 is 23.8 Å². The molecule has 2 unspecified atom stereocenters. The van der Waals surface area contributed by atoms with Crippen LogP contribution in [0, 0.1) is 6.92 Å². The van der Waals surface area contributed by atoms with Gasteiger partial charge in [0.25, 0.3) is 0 Å². The number of nitrogens with zero attached hydrogens (tertiary/aromatic N) is 1. The maximum atomic E-state index is 13.9. The number of unbranched alkanes of at least 4 members (excludes halogenated alkanes) is 3. The monoisotopic (exact) mass is 541 g/mol. The van der Waals surface area contributed by atoms with Gasteiger partial charge >= 0.3 is 6.09 Å². The molecule has 0 aromatic heterocycles. The number of aryl methyl sites for hydroxylation is 1. The van der Waals surface area contributed by atoms with Crippen LogP contribution in [-0.4, -0.2) is 46.7 Å². The van der Waals surface area contributed by atoms with Crippen LogP contribution in [0.15, 0.2) is 54.6 Å². The topological polar surface area (TPSA) is 87.7 Å². The average Bonchev–Trinajstić information content (AvgIpc) is 2.87. The summed E-state index contributed by atoms with van der Waals surface area (Å²) in [4.78, 5) is 41.8. The van der Waals surface area contributed by atoms with E-state index in [1.165, 1.54) is 0 Å². The molecule has 3 amide bonds. The number of alkyl carbamates (subject to hydrolysis) is 1. The zero-order chi connectivity index (χ0) is 28.1. The van der Waals surface area contributed by atoms with Gasteiger partial charge in [0.2, 0.25) is 11.8 Å². The number of nitrogens with one attached hydrogen (secondary N) is 2. The van der Waals surface area contributed by atoms with Crippen molar-refractivity contribution < 1.29 is 19.1 Å². The second kappa shape index (κ2) is 15.4. The zero-order valence-corrected chi connectivity index (χ0v) is 24.2. The van der Waals surface area contributed by atoms with Gasteiger partial charge in [0.05, 0.1) is 0 Å². The Hall–Kier alpha value is -3.00. The molecule has 0 radical (unpaired) electrons. The van der Waals surface area contributed by atoms with Crippen molar-refractivity contribution in [3.05, 3.63) is 71.3 Å². The maximum Gasteiger partial charge on any atom is 0.408 e. The predicted octanol–water partition coefficient (Wildman–Crippen LogP) is 5.58. The fourth-order valence-corrected chi connectivity index (χ4v) is 4.35. The van der Waals surface area contributed by atoms with E-state index in [0.717, 1.165) is 42.4 Å². The van der Waals surface area contributed by atoms with E-state index in [2.05, 4.69) is 30.2 Å². The van der Waals surface area contributed by atoms with Crippen molar-refractivity contribution in [3.8, 4) is 0 Å². The standard InChI is InChI=1S/C30H43N3O4S/c1-6-7-8-12-18-33(28(35)25(21-38)32-29(36)37-30(3,4)5)26(24-17-13-14-22(2)19-24)27(34)31-20-23-15-10-9-11-16-23/h9-11,13-17,19,25-26,38H,6-8,12,18,20-21H2,1-5H3,(H,31,34)(H,32,36). The molecule has 0 bridgehead atoms. The van der Waals surface area contributed by atoms with E-state index in [1.54, 1.807) is 25.7 Å². The van der Waals surface area contributed by atoms with Gasteiger partial charge in [-0.25, -0.2) is 4.79 Å². The van der Waals surface area contributed by atoms with Crippen molar-refractivity contribution in [3.63, 3.8) is 0 Å². The normalized spacial score (nSPS) is 12.8. The van der Waals surface area contributed by atoms with Crippen LogP contribution in [0.4, 0.5) is 4.79 Å². The summed E-state index contributed by atoms with van der Waals surface area (Å²) in [6.07, 6.45) is 3.05. The van der Waals surface area contributed by atoms with E-state index in [0.29, 0.717) is 13.1 Å². The summed E-state index contributed by atoms with van der Waals surface area (Å²) in [6.45, 7) is 10.1. The van der Waals surface area contributed by atoms with Crippen LogP contribution in [0.1, 0.15) is 76.1 Å². The SMILES string of the molecule is CCCCCCN(C(=O)C(CS)NC(=O)OC(C)(C)C)C(C(=O)NCc1ccccc1)c1cccc(C)c1. The molecule has 2 atom stereocenters. The van der Waals surface area contributed by atoms with Gasteiger partial charge in [-0.3, -0.25) is 9.59 Å². The van der Waals surface area contributed by atoms with Crippen molar-refractivity contribution in [2.45, 2.75) is 84.5 Å². The second-order valence-corrected chi connectivity index (χ2v) is 10.9. The van der Waals surface area contributed by atoms with Gasteiger partial charge < -0.3 is 20.3 Å². The average molecular weight is 542 g/mol. The first-order valence-corrected chi connectivity index (χ1v) is 14.0. The first-order valence-electron chi connectivity index (χ1n) is 13.3. The van der Waals surface area contributed by atoms with Crippen LogP contribution < -0.4 is 10.6 Å². The minimum absolute atomic E-state index is 0.0652. The van der Waals surface area contributed by atoms with Crippen LogP contribution in [0.5, 0.6) is 0 Å². The highest BCUT2D eigenvalue weighted by atomic mass is 32.1. The number of rotatable bonds is 13. The summed E-state index contributed by atoms with van der Waals surface area (Å²) < 4.78 is 5.37. The first kappa shape index (κ1) is 31.2. The van der Waals surface area contributed by atoms with E-state index in [9.17, 15) is 14.4 Å². The molecule has 0 aliphatic rings. The van der Waals surface area contributed by atoms with Gasteiger partial charge in [-0.05, 0) is 45.2 Å². The van der Waals surface area contributed by atoms with Crippen molar-refractivity contribution in [1.29, 1.82) is 0 Å². The maximum absolute atomic E-state index is 13.9. The highest BCUT2D eigenvalue weighted by molar-refractivity contribution is 7.80. The number of amides is 3. The molecule has 2 rings (SSSR count). The molecule has 8 heteroatoms. The van der Waals surface area contributed by atoms with Gasteiger partial charge in [0.1, 0.15) is 17.7 Å². The molecule has 0 saturated carbocycles. The predicted molar refractivity (Wildman–Crippen MR) is 155 cm³/mol. The van der Waals surface area contributed by atoms with Crippen LogP contribution in [-0.2, 0) is 20.9 Å². The summed E-state index contributed by atoms with van der Waals surface area (Å²) in [5.74, 6) is -0.586. The molecule has 2 aromatic carbocycles. The third-order valence-corrected chi connectivity index (χ3v) is 6.30. The van der Waals surface area contributed by atoms with Gasteiger partial charge in [0.15, 0.2) is 0 Å². The quantitative estimate of drug-likeness (QED) is 0.228. The minimum atomic E-state index is -0.950. The molecule has 0 aliphatic heterocycles. The number of carbonyl (C=O) groups is 3. The number of thiol groups is 1. The molecule has 7 nitrogen and oxygen atoms in total. The molecule has 2 N–H and O–H groups in total. The van der Waals surface area contributed by atoms with Gasteiger partial charge in [-0.1, -0.05) is 86.3 Å². The summed E-state index contributed by atoms with van der Waals surface area (Å²) in [5, 5.41) is 5.68. The molecule has 38 heavy (non-hydrogen) atoms. The Kier molecular flexibility index (Phi) is 12.7. The molecule has 0 fully saturated rings. The summed E-state index contributed by atoms with van der Waals surface area (Å²) in [7, 11) is 0. The first-order chi connectivity index (χ1) is 18.1. The lowest BCUT2D eigenvalue weighted by atomic mass is 10.00. The zero-order valence-electron chi connectivity index (χ0n) is 23.3. The Morgan fingerprint density at radius 2 is 1.71 bits per heavy atom. The minimum Gasteiger partial charge on any atom is -0.444 e. The lowest BCUT2D eigenvalue weighted by Gasteiger charge is -2.34. The third-order valence-electron chi connectivity index (χ3n) is 5.93. The van der Waals surface area contributed by atoms with Crippen molar-refractivity contribution >= 4 is 30.5 Å². The third kappa shape index (κ3) is 10.4. The van der Waals surface area contributed by atoms with E-state index in [4.69, 9.17) is 4.74 Å². The smallest absolute Gasteiger partial charge is 0.408 e. The van der Waals surface area contributed by atoms with Crippen molar-refractivity contribution in [2.75, 3.05) is 12.3 Å². The van der Waals surface area contributed by atoms with Gasteiger partial charge in [-0.2, -0.15) is 12.6 Å². The van der Waals surface area contributed by atoms with Crippen LogP contribution in [0.25, 0.3) is 0 Å². The molecular weight excluding hydrogens is 498 g/mol. The Bertz CT molecular complexity index is 1040. The van der Waals surface area contributed by atoms with Crippen LogP contribution in [0.2, 0.25) is 0 Å². The number of benzene rings is 2.